The first-order valence-electron chi connectivity index (χ1n) is 6.74. The highest BCUT2D eigenvalue weighted by Crippen LogP contribution is 2.19. The van der Waals surface area contributed by atoms with Crippen LogP contribution in [0.4, 0.5) is 0 Å². The lowest BCUT2D eigenvalue weighted by atomic mass is 10.2. The highest BCUT2D eigenvalue weighted by atomic mass is 79.9. The molecule has 0 aliphatic heterocycles. The molecule has 0 spiro atoms. The molecule has 0 amide bonds. The topological polar surface area (TPSA) is 76.0 Å². The molecular formula is C16H8BrN5O. The molecule has 0 unspecified atom stereocenters. The lowest BCUT2D eigenvalue weighted by molar-refractivity contribution is 0.928. The van der Waals surface area contributed by atoms with Gasteiger partial charge in [-0.05, 0) is 52.3 Å². The summed E-state index contributed by atoms with van der Waals surface area (Å²) in [5.74, 6) is 0. The van der Waals surface area contributed by atoms with Gasteiger partial charge in [-0.1, -0.05) is 0 Å². The molecule has 3 aromatic heterocycles. The molecule has 7 heteroatoms. The lowest BCUT2D eigenvalue weighted by Gasteiger charge is -2.10. The third-order valence-corrected chi connectivity index (χ3v) is 3.95. The highest BCUT2D eigenvalue weighted by molar-refractivity contribution is 9.10. The summed E-state index contributed by atoms with van der Waals surface area (Å²) in [5, 5.41) is 13.2. The summed E-state index contributed by atoms with van der Waals surface area (Å²) in [6, 6.07) is 14.2. The summed E-state index contributed by atoms with van der Waals surface area (Å²) in [4.78, 5) is 17.2. The quantitative estimate of drug-likeness (QED) is 0.519. The zero-order valence-electron chi connectivity index (χ0n) is 11.6. The second kappa shape index (κ2) is 5.04. The molecule has 0 bridgehead atoms. The minimum atomic E-state index is -0.223. The Hall–Kier alpha value is -2.98. The zero-order valence-corrected chi connectivity index (χ0v) is 13.2. The molecule has 4 rings (SSSR count). The van der Waals surface area contributed by atoms with E-state index in [1.54, 1.807) is 47.1 Å². The zero-order chi connectivity index (χ0) is 16.0. The van der Waals surface area contributed by atoms with Crippen molar-refractivity contribution < 1.29 is 0 Å². The fourth-order valence-electron chi connectivity index (χ4n) is 2.55. The van der Waals surface area contributed by atoms with Crippen LogP contribution >= 0.6 is 15.9 Å². The molecule has 3 heterocycles. The lowest BCUT2D eigenvalue weighted by Crippen LogP contribution is -2.22. The number of hydrogen-bond acceptors (Lipinski definition) is 4. The number of nitriles is 1. The first-order valence-corrected chi connectivity index (χ1v) is 7.54. The maximum absolute atomic E-state index is 12.9. The first kappa shape index (κ1) is 13.7. The van der Waals surface area contributed by atoms with E-state index >= 15 is 0 Å². The van der Waals surface area contributed by atoms with Crippen LogP contribution in [0.3, 0.4) is 0 Å². The monoisotopic (exact) mass is 365 g/mol. The number of pyridine rings is 1. The molecule has 0 fully saturated rings. The van der Waals surface area contributed by atoms with E-state index in [0.29, 0.717) is 27.0 Å². The van der Waals surface area contributed by atoms with E-state index in [2.05, 4.69) is 32.1 Å². The maximum atomic E-state index is 12.9. The van der Waals surface area contributed by atoms with E-state index in [1.807, 2.05) is 6.07 Å². The predicted molar refractivity (Wildman–Crippen MR) is 88.5 cm³/mol. The predicted octanol–water partition coefficient (Wildman–Crippen LogP) is 2.67. The van der Waals surface area contributed by atoms with Gasteiger partial charge < -0.3 is 0 Å². The maximum Gasteiger partial charge on any atom is 0.282 e. The van der Waals surface area contributed by atoms with E-state index in [0.717, 1.165) is 5.52 Å². The molecule has 0 atom stereocenters. The molecule has 0 saturated carbocycles. The molecule has 6 nitrogen and oxygen atoms in total. The molecule has 4 aromatic rings. The van der Waals surface area contributed by atoms with Crippen molar-refractivity contribution in [2.24, 2.45) is 0 Å². The van der Waals surface area contributed by atoms with E-state index in [4.69, 9.17) is 5.26 Å². The average molecular weight is 366 g/mol. The molecule has 110 valence electrons. The van der Waals surface area contributed by atoms with Crippen molar-refractivity contribution in [3.8, 4) is 11.8 Å². The summed E-state index contributed by atoms with van der Waals surface area (Å²) < 4.78 is 3.69. The smallest absolute Gasteiger partial charge is 0.266 e. The number of halogens is 1. The van der Waals surface area contributed by atoms with Crippen molar-refractivity contribution in [3.05, 3.63) is 69.2 Å². The molecule has 23 heavy (non-hydrogen) atoms. The van der Waals surface area contributed by atoms with Gasteiger partial charge in [-0.2, -0.15) is 10.4 Å². The van der Waals surface area contributed by atoms with Crippen LogP contribution < -0.4 is 5.56 Å². The molecule has 0 N–H and O–H groups in total. The van der Waals surface area contributed by atoms with Crippen molar-refractivity contribution in [3.63, 3.8) is 0 Å². The van der Waals surface area contributed by atoms with Crippen LogP contribution in [0.25, 0.3) is 22.4 Å². The molecule has 0 aliphatic carbocycles. The van der Waals surface area contributed by atoms with E-state index < -0.39 is 0 Å². The average Bonchev–Trinajstić information content (AvgIpc) is 2.98. The van der Waals surface area contributed by atoms with Gasteiger partial charge in [-0.3, -0.25) is 9.36 Å². The van der Waals surface area contributed by atoms with Crippen molar-refractivity contribution in [2.75, 3.05) is 0 Å². The van der Waals surface area contributed by atoms with Crippen LogP contribution in [0.15, 0.2) is 58.1 Å². The van der Waals surface area contributed by atoms with Gasteiger partial charge >= 0.3 is 0 Å². The van der Waals surface area contributed by atoms with Crippen molar-refractivity contribution >= 4 is 32.6 Å². The summed E-state index contributed by atoms with van der Waals surface area (Å²) in [5.41, 5.74) is 2.63. The summed E-state index contributed by atoms with van der Waals surface area (Å²) in [7, 11) is 0. The van der Waals surface area contributed by atoms with Crippen LogP contribution in [0.2, 0.25) is 0 Å². The van der Waals surface area contributed by atoms with Crippen LogP contribution in [0.1, 0.15) is 5.56 Å². The summed E-state index contributed by atoms with van der Waals surface area (Å²) >= 11 is 3.31. The van der Waals surface area contributed by atoms with Gasteiger partial charge in [-0.15, -0.1) is 0 Å². The number of rotatable bonds is 1. The summed E-state index contributed by atoms with van der Waals surface area (Å²) in [6.45, 7) is 0. The third-order valence-electron chi connectivity index (χ3n) is 3.56. The van der Waals surface area contributed by atoms with Gasteiger partial charge in [0.25, 0.3) is 5.56 Å². The Kier molecular flexibility index (Phi) is 2.99. The second-order valence-corrected chi connectivity index (χ2v) is 5.72. The van der Waals surface area contributed by atoms with Crippen molar-refractivity contribution in [2.45, 2.75) is 0 Å². The largest absolute Gasteiger partial charge is 0.282 e. The van der Waals surface area contributed by atoms with Gasteiger partial charge in [-0.25, -0.2) is 9.50 Å². The SMILES string of the molecule is N#Cc1ccc(-n2c(=O)c3cc(Br)nn3c3cccnc32)cc1. The number of fused-ring (bicyclic) bond motifs is 3. The number of aromatic nitrogens is 4. The molecule has 0 radical (unpaired) electrons. The number of nitrogens with zero attached hydrogens (tertiary/aromatic N) is 5. The minimum absolute atomic E-state index is 0.223. The fourth-order valence-corrected chi connectivity index (χ4v) is 2.93. The summed E-state index contributed by atoms with van der Waals surface area (Å²) in [6.07, 6.45) is 1.63. The van der Waals surface area contributed by atoms with Gasteiger partial charge in [0, 0.05) is 12.3 Å². The molecule has 0 aliphatic rings. The van der Waals surface area contributed by atoms with Gasteiger partial charge in [0.15, 0.2) is 5.65 Å². The van der Waals surface area contributed by atoms with Gasteiger partial charge in [0.05, 0.1) is 17.3 Å². The molecule has 1 aromatic carbocycles. The minimum Gasteiger partial charge on any atom is -0.266 e. The molecule has 0 saturated heterocycles. The van der Waals surface area contributed by atoms with Crippen LogP contribution in [0, 0.1) is 11.3 Å². The van der Waals surface area contributed by atoms with Crippen LogP contribution in [-0.2, 0) is 0 Å². The Balaban J connectivity index is 2.17. The van der Waals surface area contributed by atoms with E-state index in [1.165, 1.54) is 4.57 Å². The van der Waals surface area contributed by atoms with E-state index in [-0.39, 0.29) is 5.56 Å². The Bertz CT molecular complexity index is 1150. The number of benzene rings is 1. The Morgan fingerprint density at radius 2 is 1.91 bits per heavy atom. The Labute approximate surface area is 138 Å². The van der Waals surface area contributed by atoms with E-state index in [9.17, 15) is 4.79 Å². The Morgan fingerprint density at radius 3 is 2.65 bits per heavy atom. The second-order valence-electron chi connectivity index (χ2n) is 4.91. The van der Waals surface area contributed by atoms with Gasteiger partial charge in [0.2, 0.25) is 0 Å². The standard InChI is InChI=1S/C16H8BrN5O/c17-14-8-13-16(23)21(11-5-3-10(9-18)4-6-11)15-12(22(13)20-14)2-1-7-19-15/h1-8H. The number of hydrogen-bond donors (Lipinski definition) is 0. The normalized spacial score (nSPS) is 11.0. The van der Waals surface area contributed by atoms with Crippen LogP contribution in [0.5, 0.6) is 0 Å². The Morgan fingerprint density at radius 1 is 1.13 bits per heavy atom. The molecular weight excluding hydrogens is 358 g/mol. The third kappa shape index (κ3) is 2.04. The fraction of sp³-hybridized carbons (Fsp3) is 0. The first-order chi connectivity index (χ1) is 11.2. The van der Waals surface area contributed by atoms with Crippen LogP contribution in [-0.4, -0.2) is 19.2 Å². The van der Waals surface area contributed by atoms with Crippen molar-refractivity contribution in [1.82, 2.24) is 19.2 Å². The van der Waals surface area contributed by atoms with Gasteiger partial charge in [0.1, 0.15) is 15.6 Å². The van der Waals surface area contributed by atoms with Crippen molar-refractivity contribution in [1.29, 1.82) is 5.26 Å². The highest BCUT2D eigenvalue weighted by Gasteiger charge is 2.15.